The number of H-pyrrole nitrogens is 1. The van der Waals surface area contributed by atoms with Gasteiger partial charge in [-0.1, -0.05) is 37.3 Å². The standard InChI is InChI=1S/C18H22N4O2/c1-2-11-14(12-8-9-24-16(11)12)20-18(23)15-13(17(19)22-21-15)10-6-4-3-5-7-10/h3-7,11-12,14,16H,2,8-9H2,1H3,(H,20,23)(H3,19,21,22). The number of hydrogen-bond acceptors (Lipinski definition) is 4. The van der Waals surface area contributed by atoms with Gasteiger partial charge in [0.25, 0.3) is 5.91 Å². The normalized spacial score (nSPS) is 28.2. The lowest BCUT2D eigenvalue weighted by atomic mass is 9.65. The molecule has 2 fully saturated rings. The highest BCUT2D eigenvalue weighted by atomic mass is 16.5. The third-order valence-corrected chi connectivity index (χ3v) is 5.38. The maximum absolute atomic E-state index is 12.8. The molecule has 0 bridgehead atoms. The second-order valence-electron chi connectivity index (χ2n) is 6.58. The molecule has 1 aromatic heterocycles. The summed E-state index contributed by atoms with van der Waals surface area (Å²) >= 11 is 0. The van der Waals surface area contributed by atoms with E-state index in [-0.39, 0.29) is 11.9 Å². The number of benzene rings is 1. The number of ether oxygens (including phenoxy) is 1. The average Bonchev–Trinajstić information content (AvgIpc) is 3.18. The largest absolute Gasteiger partial charge is 0.382 e. The summed E-state index contributed by atoms with van der Waals surface area (Å²) in [6.07, 6.45) is 2.33. The lowest BCUT2D eigenvalue weighted by molar-refractivity contribution is -0.0545. The minimum atomic E-state index is -0.146. The summed E-state index contributed by atoms with van der Waals surface area (Å²) < 4.78 is 5.78. The summed E-state index contributed by atoms with van der Waals surface area (Å²) in [6, 6.07) is 9.79. The molecule has 24 heavy (non-hydrogen) atoms. The first kappa shape index (κ1) is 15.2. The van der Waals surface area contributed by atoms with E-state index in [9.17, 15) is 4.79 Å². The van der Waals surface area contributed by atoms with Crippen molar-refractivity contribution in [1.29, 1.82) is 0 Å². The van der Waals surface area contributed by atoms with Gasteiger partial charge in [0.1, 0.15) is 5.69 Å². The van der Waals surface area contributed by atoms with Crippen LogP contribution in [-0.4, -0.2) is 34.9 Å². The Balaban J connectivity index is 1.58. The van der Waals surface area contributed by atoms with Crippen LogP contribution in [0.4, 0.5) is 5.82 Å². The van der Waals surface area contributed by atoms with Crippen LogP contribution in [0.2, 0.25) is 0 Å². The Morgan fingerprint density at radius 1 is 1.42 bits per heavy atom. The van der Waals surface area contributed by atoms with Crippen LogP contribution in [0.5, 0.6) is 0 Å². The van der Waals surface area contributed by atoms with Gasteiger partial charge in [0, 0.05) is 24.5 Å². The van der Waals surface area contributed by atoms with Crippen LogP contribution in [0.1, 0.15) is 30.3 Å². The maximum atomic E-state index is 12.8. The van der Waals surface area contributed by atoms with Crippen LogP contribution in [0.15, 0.2) is 30.3 Å². The van der Waals surface area contributed by atoms with Gasteiger partial charge in [0.15, 0.2) is 5.82 Å². The molecule has 1 saturated carbocycles. The van der Waals surface area contributed by atoms with Gasteiger partial charge >= 0.3 is 0 Å². The molecule has 1 saturated heterocycles. The molecule has 2 heterocycles. The molecule has 4 N–H and O–H groups in total. The van der Waals surface area contributed by atoms with Crippen molar-refractivity contribution in [2.45, 2.75) is 31.9 Å². The van der Waals surface area contributed by atoms with E-state index in [1.54, 1.807) is 0 Å². The fourth-order valence-electron chi connectivity index (χ4n) is 4.17. The quantitative estimate of drug-likeness (QED) is 0.803. The second kappa shape index (κ2) is 5.94. The number of rotatable bonds is 4. The molecule has 4 atom stereocenters. The van der Waals surface area contributed by atoms with Gasteiger partial charge in [-0.2, -0.15) is 5.10 Å². The van der Waals surface area contributed by atoms with Crippen molar-refractivity contribution in [1.82, 2.24) is 15.5 Å². The van der Waals surface area contributed by atoms with Gasteiger partial charge in [0.05, 0.1) is 11.7 Å². The fraction of sp³-hybridized carbons (Fsp3) is 0.444. The predicted molar refractivity (Wildman–Crippen MR) is 91.3 cm³/mol. The van der Waals surface area contributed by atoms with Gasteiger partial charge in [-0.15, -0.1) is 0 Å². The SMILES string of the molecule is CCC1C(NC(=O)c2[nH]nc(N)c2-c2ccccc2)C2CCOC12. The number of aromatic nitrogens is 2. The summed E-state index contributed by atoms with van der Waals surface area (Å²) in [5, 5.41) is 10.0. The number of nitrogen functional groups attached to an aromatic ring is 1. The van der Waals surface area contributed by atoms with Crippen molar-refractivity contribution in [3.05, 3.63) is 36.0 Å². The highest BCUT2D eigenvalue weighted by Crippen LogP contribution is 2.45. The Bertz CT molecular complexity index is 743. The van der Waals surface area contributed by atoms with E-state index in [0.29, 0.717) is 35.0 Å². The van der Waals surface area contributed by atoms with Crippen molar-refractivity contribution in [3.63, 3.8) is 0 Å². The van der Waals surface area contributed by atoms with Crippen molar-refractivity contribution in [2.24, 2.45) is 11.8 Å². The van der Waals surface area contributed by atoms with Crippen LogP contribution < -0.4 is 11.1 Å². The first-order chi connectivity index (χ1) is 11.7. The molecule has 2 aromatic rings. The van der Waals surface area contributed by atoms with Gasteiger partial charge in [0.2, 0.25) is 0 Å². The predicted octanol–water partition coefficient (Wildman–Crippen LogP) is 2.20. The van der Waals surface area contributed by atoms with Crippen LogP contribution in [-0.2, 0) is 4.74 Å². The molecule has 0 spiro atoms. The Morgan fingerprint density at radius 2 is 2.21 bits per heavy atom. The van der Waals surface area contributed by atoms with Crippen LogP contribution in [0.25, 0.3) is 11.1 Å². The summed E-state index contributed by atoms with van der Waals surface area (Å²) in [7, 11) is 0. The molecule has 6 nitrogen and oxygen atoms in total. The topological polar surface area (TPSA) is 93.0 Å². The molecule has 4 rings (SSSR count). The highest BCUT2D eigenvalue weighted by molar-refractivity contribution is 6.01. The summed E-state index contributed by atoms with van der Waals surface area (Å²) in [6.45, 7) is 2.94. The number of anilines is 1. The first-order valence-corrected chi connectivity index (χ1v) is 8.52. The molecular formula is C18H22N4O2. The van der Waals surface area contributed by atoms with Crippen LogP contribution in [0, 0.1) is 11.8 Å². The molecule has 1 aromatic carbocycles. The third-order valence-electron chi connectivity index (χ3n) is 5.38. The van der Waals surface area contributed by atoms with E-state index in [2.05, 4.69) is 22.4 Å². The Kier molecular flexibility index (Phi) is 3.76. The van der Waals surface area contributed by atoms with Gasteiger partial charge in [-0.05, 0) is 18.4 Å². The maximum Gasteiger partial charge on any atom is 0.270 e. The van der Waals surface area contributed by atoms with E-state index >= 15 is 0 Å². The highest BCUT2D eigenvalue weighted by Gasteiger charge is 2.53. The molecular weight excluding hydrogens is 304 g/mol. The van der Waals surface area contributed by atoms with Crippen LogP contribution >= 0.6 is 0 Å². The smallest absolute Gasteiger partial charge is 0.270 e. The number of nitrogens with two attached hydrogens (primary N) is 1. The Morgan fingerprint density at radius 3 is 2.96 bits per heavy atom. The number of carbonyl (C=O) groups is 1. The van der Waals surface area contributed by atoms with E-state index < -0.39 is 0 Å². The van der Waals surface area contributed by atoms with E-state index in [0.717, 1.165) is 25.0 Å². The number of carbonyl (C=O) groups excluding carboxylic acids is 1. The number of amides is 1. The monoisotopic (exact) mass is 326 g/mol. The van der Waals surface area contributed by atoms with E-state index in [1.807, 2.05) is 30.3 Å². The van der Waals surface area contributed by atoms with E-state index in [4.69, 9.17) is 10.5 Å². The minimum absolute atomic E-state index is 0.146. The molecule has 2 aliphatic rings. The van der Waals surface area contributed by atoms with Crippen molar-refractivity contribution >= 4 is 11.7 Å². The summed E-state index contributed by atoms with van der Waals surface area (Å²) in [5.74, 6) is 1.02. The number of hydrogen-bond donors (Lipinski definition) is 3. The number of nitrogens with one attached hydrogen (secondary N) is 2. The van der Waals surface area contributed by atoms with Crippen molar-refractivity contribution in [2.75, 3.05) is 12.3 Å². The van der Waals surface area contributed by atoms with Crippen molar-refractivity contribution in [3.8, 4) is 11.1 Å². The Labute approximate surface area is 140 Å². The fourth-order valence-corrected chi connectivity index (χ4v) is 4.17. The lowest BCUT2D eigenvalue weighted by Gasteiger charge is -2.47. The molecule has 4 unspecified atom stereocenters. The number of fused-ring (bicyclic) bond motifs is 1. The van der Waals surface area contributed by atoms with Gasteiger partial charge in [-0.3, -0.25) is 9.89 Å². The first-order valence-electron chi connectivity index (χ1n) is 8.52. The molecule has 1 aliphatic heterocycles. The zero-order valence-electron chi connectivity index (χ0n) is 13.7. The number of nitrogens with zero attached hydrogens (tertiary/aromatic N) is 1. The molecule has 0 radical (unpaired) electrons. The molecule has 126 valence electrons. The molecule has 1 aliphatic carbocycles. The minimum Gasteiger partial charge on any atom is -0.382 e. The number of aromatic amines is 1. The second-order valence-corrected chi connectivity index (χ2v) is 6.58. The molecule has 6 heteroatoms. The average molecular weight is 326 g/mol. The van der Waals surface area contributed by atoms with Gasteiger partial charge < -0.3 is 15.8 Å². The zero-order valence-corrected chi connectivity index (χ0v) is 13.7. The molecule has 1 amide bonds. The summed E-state index contributed by atoms with van der Waals surface area (Å²) in [4.78, 5) is 12.8. The zero-order chi connectivity index (χ0) is 16.7. The third kappa shape index (κ3) is 2.29. The van der Waals surface area contributed by atoms with Crippen LogP contribution in [0.3, 0.4) is 0 Å². The lowest BCUT2D eigenvalue weighted by Crippen LogP contribution is -2.61. The van der Waals surface area contributed by atoms with Crippen molar-refractivity contribution < 1.29 is 9.53 Å². The summed E-state index contributed by atoms with van der Waals surface area (Å²) in [5.41, 5.74) is 7.96. The van der Waals surface area contributed by atoms with Gasteiger partial charge in [-0.25, -0.2) is 0 Å². The van der Waals surface area contributed by atoms with E-state index in [1.165, 1.54) is 0 Å². The Hall–Kier alpha value is -2.34.